The second kappa shape index (κ2) is 7.97. The Hall–Kier alpha value is -3.31. The van der Waals surface area contributed by atoms with Gasteiger partial charge < -0.3 is 10.1 Å². The monoisotopic (exact) mass is 405 g/mol. The molecule has 1 atom stereocenters. The molecule has 1 N–H and O–H groups in total. The van der Waals surface area contributed by atoms with Gasteiger partial charge in [-0.3, -0.25) is 4.79 Å². The second-order valence-corrected chi connectivity index (χ2v) is 7.15. The number of carbonyl (C=O) groups excluding carboxylic acids is 1. The van der Waals surface area contributed by atoms with Gasteiger partial charge in [-0.15, -0.1) is 0 Å². The van der Waals surface area contributed by atoms with Crippen molar-refractivity contribution >= 4 is 28.9 Å². The molecular formula is C23H20ClN3O2. The van der Waals surface area contributed by atoms with Crippen molar-refractivity contribution in [1.82, 2.24) is 5.01 Å². The number of ether oxygens (including phenoxy) is 1. The van der Waals surface area contributed by atoms with Crippen molar-refractivity contribution in [3.63, 3.8) is 0 Å². The summed E-state index contributed by atoms with van der Waals surface area (Å²) in [6, 6.07) is 22.4. The number of anilines is 1. The smallest absolute Gasteiger partial charge is 0.278 e. The third kappa shape index (κ3) is 3.82. The van der Waals surface area contributed by atoms with E-state index in [0.717, 1.165) is 22.6 Å². The number of benzene rings is 3. The summed E-state index contributed by atoms with van der Waals surface area (Å²) in [5.41, 5.74) is 3.83. The minimum absolute atomic E-state index is 0.169. The number of carbonyl (C=O) groups is 1. The van der Waals surface area contributed by atoms with Gasteiger partial charge in [0.15, 0.2) is 6.17 Å². The molecule has 6 heteroatoms. The van der Waals surface area contributed by atoms with Crippen LogP contribution < -0.4 is 10.1 Å². The first kappa shape index (κ1) is 19.0. The van der Waals surface area contributed by atoms with E-state index in [1.54, 1.807) is 19.2 Å². The average molecular weight is 406 g/mol. The molecule has 0 unspecified atom stereocenters. The van der Waals surface area contributed by atoms with Crippen molar-refractivity contribution in [2.24, 2.45) is 5.10 Å². The highest BCUT2D eigenvalue weighted by Crippen LogP contribution is 2.34. The van der Waals surface area contributed by atoms with E-state index >= 15 is 0 Å². The second-order valence-electron chi connectivity index (χ2n) is 6.71. The van der Waals surface area contributed by atoms with Gasteiger partial charge in [-0.1, -0.05) is 35.9 Å². The predicted octanol–water partition coefficient (Wildman–Crippen LogP) is 5.34. The fourth-order valence-corrected chi connectivity index (χ4v) is 3.50. The number of hydrogen-bond acceptors (Lipinski definition) is 4. The lowest BCUT2D eigenvalue weighted by Crippen LogP contribution is -2.40. The van der Waals surface area contributed by atoms with Gasteiger partial charge in [-0.25, -0.2) is 5.01 Å². The Balaban J connectivity index is 1.77. The Kier molecular flexibility index (Phi) is 5.23. The van der Waals surface area contributed by atoms with Crippen molar-refractivity contribution < 1.29 is 9.53 Å². The van der Waals surface area contributed by atoms with Crippen LogP contribution >= 0.6 is 11.6 Å². The van der Waals surface area contributed by atoms with Gasteiger partial charge in [0.1, 0.15) is 5.75 Å². The lowest BCUT2D eigenvalue weighted by Gasteiger charge is -2.35. The van der Waals surface area contributed by atoms with Crippen LogP contribution in [0.2, 0.25) is 5.02 Å². The number of fused-ring (bicyclic) bond motifs is 1. The Labute approximate surface area is 174 Å². The summed E-state index contributed by atoms with van der Waals surface area (Å²) in [4.78, 5) is 13.3. The Morgan fingerprint density at radius 2 is 1.83 bits per heavy atom. The summed E-state index contributed by atoms with van der Waals surface area (Å²) in [6.07, 6.45) is -0.468. The maximum Gasteiger partial charge on any atom is 0.278 e. The molecule has 3 aromatic rings. The maximum absolute atomic E-state index is 13.3. The van der Waals surface area contributed by atoms with Crippen LogP contribution in [0.5, 0.6) is 5.75 Å². The zero-order valence-corrected chi connectivity index (χ0v) is 16.9. The first-order valence-corrected chi connectivity index (χ1v) is 9.59. The first-order chi connectivity index (χ1) is 14.1. The molecule has 3 aromatic carbocycles. The zero-order valence-electron chi connectivity index (χ0n) is 16.1. The number of amides is 1. The van der Waals surface area contributed by atoms with Crippen LogP contribution in [0.25, 0.3) is 0 Å². The highest BCUT2D eigenvalue weighted by molar-refractivity contribution is 6.30. The summed E-state index contributed by atoms with van der Waals surface area (Å²) < 4.78 is 5.21. The number of nitrogens with one attached hydrogen (secondary N) is 1. The Morgan fingerprint density at radius 3 is 2.55 bits per heavy atom. The molecule has 0 radical (unpaired) electrons. The van der Waals surface area contributed by atoms with Gasteiger partial charge in [0.05, 0.1) is 18.4 Å². The van der Waals surface area contributed by atoms with E-state index in [9.17, 15) is 4.79 Å². The van der Waals surface area contributed by atoms with E-state index in [-0.39, 0.29) is 5.91 Å². The molecule has 0 saturated carbocycles. The SMILES string of the molecule is COc1ccc(/C(C)=N\N2C(=O)c3ccccc3N[C@@H]2c2cccc(Cl)c2)cc1. The zero-order chi connectivity index (χ0) is 20.4. The molecular weight excluding hydrogens is 386 g/mol. The van der Waals surface area contributed by atoms with Gasteiger partial charge in [0.2, 0.25) is 0 Å². The van der Waals surface area contributed by atoms with Gasteiger partial charge in [-0.05, 0) is 66.6 Å². The first-order valence-electron chi connectivity index (χ1n) is 9.21. The van der Waals surface area contributed by atoms with E-state index < -0.39 is 6.17 Å². The lowest BCUT2D eigenvalue weighted by molar-refractivity contribution is 0.0690. The Morgan fingerprint density at radius 1 is 1.07 bits per heavy atom. The summed E-state index contributed by atoms with van der Waals surface area (Å²) in [5, 5.41) is 10.2. The fourth-order valence-electron chi connectivity index (χ4n) is 3.30. The van der Waals surface area contributed by atoms with Crippen LogP contribution in [0.15, 0.2) is 77.9 Å². The van der Waals surface area contributed by atoms with E-state index in [2.05, 4.69) is 10.4 Å². The molecule has 1 aliphatic rings. The van der Waals surface area contributed by atoms with Crippen molar-refractivity contribution in [1.29, 1.82) is 0 Å². The lowest BCUT2D eigenvalue weighted by atomic mass is 10.0. The van der Waals surface area contributed by atoms with Crippen molar-refractivity contribution in [2.45, 2.75) is 13.1 Å². The largest absolute Gasteiger partial charge is 0.497 e. The number of hydrogen-bond donors (Lipinski definition) is 1. The molecule has 0 spiro atoms. The number of rotatable bonds is 4. The standard InChI is InChI=1S/C23H20ClN3O2/c1-15(16-10-12-19(29-2)13-11-16)26-27-22(17-6-5-7-18(24)14-17)25-21-9-4-3-8-20(21)23(27)28/h3-14,22,25H,1-2H3/b26-15-/t22-/m0/s1. The molecule has 1 amide bonds. The van der Waals surface area contributed by atoms with E-state index in [4.69, 9.17) is 16.3 Å². The molecule has 0 saturated heterocycles. The molecule has 4 rings (SSSR count). The quantitative estimate of drug-likeness (QED) is 0.596. The third-order valence-electron chi connectivity index (χ3n) is 4.83. The number of halogens is 1. The van der Waals surface area contributed by atoms with Gasteiger partial charge in [-0.2, -0.15) is 5.10 Å². The molecule has 5 nitrogen and oxygen atoms in total. The highest BCUT2D eigenvalue weighted by Gasteiger charge is 2.33. The van der Waals surface area contributed by atoms with Gasteiger partial charge >= 0.3 is 0 Å². The Bertz CT molecular complexity index is 1080. The van der Waals surface area contributed by atoms with Gasteiger partial charge in [0, 0.05) is 10.7 Å². The number of nitrogens with zero attached hydrogens (tertiary/aromatic N) is 2. The number of para-hydroxylation sites is 1. The molecule has 0 bridgehead atoms. The number of hydrazone groups is 1. The maximum atomic E-state index is 13.3. The van der Waals surface area contributed by atoms with E-state index in [1.807, 2.05) is 67.6 Å². The molecule has 146 valence electrons. The van der Waals surface area contributed by atoms with Crippen molar-refractivity contribution in [3.05, 3.63) is 94.5 Å². The molecule has 0 fully saturated rings. The summed E-state index contributed by atoms with van der Waals surface area (Å²) in [6.45, 7) is 1.88. The minimum atomic E-state index is -0.468. The average Bonchev–Trinajstić information content (AvgIpc) is 2.75. The molecule has 1 heterocycles. The van der Waals surface area contributed by atoms with Crippen molar-refractivity contribution in [2.75, 3.05) is 12.4 Å². The summed E-state index contributed by atoms with van der Waals surface area (Å²) >= 11 is 6.20. The van der Waals surface area contributed by atoms with Crippen LogP contribution in [-0.2, 0) is 0 Å². The van der Waals surface area contributed by atoms with E-state index in [1.165, 1.54) is 5.01 Å². The minimum Gasteiger partial charge on any atom is -0.497 e. The number of methoxy groups -OCH3 is 1. The summed E-state index contributed by atoms with van der Waals surface area (Å²) in [7, 11) is 1.63. The van der Waals surface area contributed by atoms with Crippen LogP contribution in [-0.4, -0.2) is 23.7 Å². The van der Waals surface area contributed by atoms with Crippen LogP contribution in [0.4, 0.5) is 5.69 Å². The topological polar surface area (TPSA) is 53.9 Å². The van der Waals surface area contributed by atoms with Gasteiger partial charge in [0.25, 0.3) is 5.91 Å². The predicted molar refractivity (Wildman–Crippen MR) is 116 cm³/mol. The summed E-state index contributed by atoms with van der Waals surface area (Å²) in [5.74, 6) is 0.597. The van der Waals surface area contributed by atoms with Crippen LogP contribution in [0.1, 0.15) is 34.6 Å². The van der Waals surface area contributed by atoms with Crippen LogP contribution in [0, 0.1) is 0 Å². The van der Waals surface area contributed by atoms with Crippen molar-refractivity contribution in [3.8, 4) is 5.75 Å². The van der Waals surface area contributed by atoms with E-state index in [0.29, 0.717) is 16.3 Å². The third-order valence-corrected chi connectivity index (χ3v) is 5.07. The molecule has 29 heavy (non-hydrogen) atoms. The molecule has 1 aliphatic heterocycles. The molecule has 0 aromatic heterocycles. The highest BCUT2D eigenvalue weighted by atomic mass is 35.5. The fraction of sp³-hybridized carbons (Fsp3) is 0.130. The van der Waals surface area contributed by atoms with Crippen LogP contribution in [0.3, 0.4) is 0 Å². The normalized spacial score (nSPS) is 16.2. The molecule has 0 aliphatic carbocycles.